The summed E-state index contributed by atoms with van der Waals surface area (Å²) < 4.78 is 5.37. The summed E-state index contributed by atoms with van der Waals surface area (Å²) in [6.07, 6.45) is 1.95. The van der Waals surface area contributed by atoms with Gasteiger partial charge in [-0.15, -0.1) is 0 Å². The second-order valence-corrected chi connectivity index (χ2v) is 4.08. The predicted molar refractivity (Wildman–Crippen MR) is 63.1 cm³/mol. The van der Waals surface area contributed by atoms with E-state index in [1.807, 2.05) is 0 Å². The normalized spacial score (nSPS) is 24.1. The van der Waals surface area contributed by atoms with Crippen LogP contribution in [0, 0.1) is 0 Å². The van der Waals surface area contributed by atoms with Crippen molar-refractivity contribution in [3.63, 3.8) is 0 Å². The van der Waals surface area contributed by atoms with Crippen LogP contribution >= 0.6 is 0 Å². The molecule has 0 bridgehead atoms. The fourth-order valence-electron chi connectivity index (χ4n) is 2.24. The highest BCUT2D eigenvalue weighted by Crippen LogP contribution is 2.16. The average Bonchev–Trinajstić information content (AvgIpc) is 2.35. The van der Waals surface area contributed by atoms with E-state index in [9.17, 15) is 4.79 Å². The molecule has 1 rings (SSSR count). The molecule has 1 heterocycles. The Morgan fingerprint density at radius 1 is 1.69 bits per heavy atom. The number of carbonyl (C=O) groups is 1. The molecule has 5 heteroatoms. The molecule has 2 unspecified atom stereocenters. The third-order valence-corrected chi connectivity index (χ3v) is 3.16. The molecular weight excluding hydrogens is 206 g/mol. The SMILES string of the molecule is CCC(CCN)N1CCOCC1C(=O)NC. The molecule has 0 aromatic rings. The largest absolute Gasteiger partial charge is 0.378 e. The molecule has 0 aromatic carbocycles. The Kier molecular flexibility index (Phi) is 5.73. The van der Waals surface area contributed by atoms with Gasteiger partial charge in [-0.2, -0.15) is 0 Å². The summed E-state index contributed by atoms with van der Waals surface area (Å²) in [6, 6.07) is 0.228. The first-order valence-corrected chi connectivity index (χ1v) is 5.99. The Labute approximate surface area is 97.3 Å². The van der Waals surface area contributed by atoms with Crippen LogP contribution in [0.2, 0.25) is 0 Å². The number of hydrogen-bond donors (Lipinski definition) is 2. The maximum Gasteiger partial charge on any atom is 0.239 e. The number of carbonyl (C=O) groups excluding carboxylic acids is 1. The van der Waals surface area contributed by atoms with E-state index in [0.29, 0.717) is 25.8 Å². The lowest BCUT2D eigenvalue weighted by Gasteiger charge is -2.39. The molecular formula is C11H23N3O2. The molecule has 1 aliphatic heterocycles. The predicted octanol–water partition coefficient (Wildman–Crippen LogP) is -0.439. The van der Waals surface area contributed by atoms with Crippen molar-refractivity contribution in [2.75, 3.05) is 33.4 Å². The summed E-state index contributed by atoms with van der Waals surface area (Å²) in [6.45, 7) is 4.80. The van der Waals surface area contributed by atoms with Crippen LogP contribution in [-0.2, 0) is 9.53 Å². The van der Waals surface area contributed by atoms with Gasteiger partial charge in [-0.25, -0.2) is 0 Å². The second kappa shape index (κ2) is 6.83. The van der Waals surface area contributed by atoms with E-state index in [0.717, 1.165) is 19.4 Å². The Hall–Kier alpha value is -0.650. The molecule has 0 radical (unpaired) electrons. The van der Waals surface area contributed by atoms with Gasteiger partial charge in [-0.1, -0.05) is 6.92 Å². The average molecular weight is 229 g/mol. The number of nitrogens with two attached hydrogens (primary N) is 1. The number of likely N-dealkylation sites (N-methyl/N-ethyl adjacent to an activating group) is 1. The van der Waals surface area contributed by atoms with E-state index in [-0.39, 0.29) is 11.9 Å². The van der Waals surface area contributed by atoms with Gasteiger partial charge in [-0.05, 0) is 19.4 Å². The quantitative estimate of drug-likeness (QED) is 0.671. The number of rotatable bonds is 5. The van der Waals surface area contributed by atoms with Crippen LogP contribution in [0.5, 0.6) is 0 Å². The number of morpholine rings is 1. The molecule has 5 nitrogen and oxygen atoms in total. The van der Waals surface area contributed by atoms with Gasteiger partial charge in [0.1, 0.15) is 6.04 Å². The van der Waals surface area contributed by atoms with Crippen LogP contribution in [0.25, 0.3) is 0 Å². The lowest BCUT2D eigenvalue weighted by Crippen LogP contribution is -2.57. The van der Waals surface area contributed by atoms with Gasteiger partial charge in [0.25, 0.3) is 0 Å². The van der Waals surface area contributed by atoms with Crippen molar-refractivity contribution < 1.29 is 9.53 Å². The summed E-state index contributed by atoms with van der Waals surface area (Å²) >= 11 is 0. The van der Waals surface area contributed by atoms with Crippen LogP contribution < -0.4 is 11.1 Å². The molecule has 0 saturated carbocycles. The van der Waals surface area contributed by atoms with E-state index in [1.54, 1.807) is 7.05 Å². The van der Waals surface area contributed by atoms with E-state index in [2.05, 4.69) is 17.1 Å². The Balaban J connectivity index is 2.67. The zero-order valence-electron chi connectivity index (χ0n) is 10.2. The maximum atomic E-state index is 11.7. The molecule has 2 atom stereocenters. The summed E-state index contributed by atoms with van der Waals surface area (Å²) in [5.41, 5.74) is 5.61. The van der Waals surface area contributed by atoms with Gasteiger partial charge in [0.05, 0.1) is 13.2 Å². The molecule has 1 amide bonds. The molecule has 3 N–H and O–H groups in total. The molecule has 16 heavy (non-hydrogen) atoms. The third-order valence-electron chi connectivity index (χ3n) is 3.16. The van der Waals surface area contributed by atoms with E-state index in [1.165, 1.54) is 0 Å². The highest BCUT2D eigenvalue weighted by atomic mass is 16.5. The Bertz CT molecular complexity index is 223. The van der Waals surface area contributed by atoms with Gasteiger partial charge in [-0.3, -0.25) is 9.69 Å². The van der Waals surface area contributed by atoms with Gasteiger partial charge < -0.3 is 15.8 Å². The van der Waals surface area contributed by atoms with Crippen LogP contribution in [0.1, 0.15) is 19.8 Å². The first-order chi connectivity index (χ1) is 7.74. The summed E-state index contributed by atoms with van der Waals surface area (Å²) in [5.74, 6) is 0.0372. The number of hydrogen-bond acceptors (Lipinski definition) is 4. The fraction of sp³-hybridized carbons (Fsp3) is 0.909. The maximum absolute atomic E-state index is 11.7. The van der Waals surface area contributed by atoms with Crippen LogP contribution in [0.4, 0.5) is 0 Å². The molecule has 1 fully saturated rings. The fourth-order valence-corrected chi connectivity index (χ4v) is 2.24. The van der Waals surface area contributed by atoms with Crippen molar-refractivity contribution in [1.82, 2.24) is 10.2 Å². The van der Waals surface area contributed by atoms with Gasteiger partial charge in [0.15, 0.2) is 0 Å². The number of ether oxygens (including phenoxy) is 1. The highest BCUT2D eigenvalue weighted by molar-refractivity contribution is 5.81. The first kappa shape index (κ1) is 13.4. The van der Waals surface area contributed by atoms with Crippen molar-refractivity contribution in [3.05, 3.63) is 0 Å². The minimum atomic E-state index is -0.157. The van der Waals surface area contributed by atoms with E-state index in [4.69, 9.17) is 10.5 Å². The summed E-state index contributed by atoms with van der Waals surface area (Å²) in [7, 11) is 1.67. The van der Waals surface area contributed by atoms with Crippen LogP contribution in [0.3, 0.4) is 0 Å². The van der Waals surface area contributed by atoms with Crippen molar-refractivity contribution in [1.29, 1.82) is 0 Å². The van der Waals surface area contributed by atoms with Gasteiger partial charge >= 0.3 is 0 Å². The summed E-state index contributed by atoms with van der Waals surface area (Å²) in [4.78, 5) is 14.0. The first-order valence-electron chi connectivity index (χ1n) is 5.99. The molecule has 0 spiro atoms. The number of nitrogens with zero attached hydrogens (tertiary/aromatic N) is 1. The summed E-state index contributed by atoms with van der Waals surface area (Å²) in [5, 5.41) is 2.69. The zero-order chi connectivity index (χ0) is 12.0. The molecule has 94 valence electrons. The van der Waals surface area contributed by atoms with Crippen molar-refractivity contribution >= 4 is 5.91 Å². The second-order valence-electron chi connectivity index (χ2n) is 4.08. The van der Waals surface area contributed by atoms with Crippen molar-refractivity contribution in [2.45, 2.75) is 31.8 Å². The van der Waals surface area contributed by atoms with Gasteiger partial charge in [0, 0.05) is 19.6 Å². The van der Waals surface area contributed by atoms with Crippen molar-refractivity contribution in [3.8, 4) is 0 Å². The van der Waals surface area contributed by atoms with E-state index >= 15 is 0 Å². The van der Waals surface area contributed by atoms with E-state index < -0.39 is 0 Å². The number of nitrogens with one attached hydrogen (secondary N) is 1. The van der Waals surface area contributed by atoms with Gasteiger partial charge in [0.2, 0.25) is 5.91 Å². The zero-order valence-corrected chi connectivity index (χ0v) is 10.2. The lowest BCUT2D eigenvalue weighted by atomic mass is 10.1. The number of amides is 1. The molecule has 0 aromatic heterocycles. The Morgan fingerprint density at radius 2 is 2.44 bits per heavy atom. The van der Waals surface area contributed by atoms with Crippen LogP contribution in [0.15, 0.2) is 0 Å². The van der Waals surface area contributed by atoms with Crippen LogP contribution in [-0.4, -0.2) is 56.2 Å². The highest BCUT2D eigenvalue weighted by Gasteiger charge is 2.32. The molecule has 0 aliphatic carbocycles. The topological polar surface area (TPSA) is 67.6 Å². The van der Waals surface area contributed by atoms with Crippen molar-refractivity contribution in [2.24, 2.45) is 5.73 Å². The Morgan fingerprint density at radius 3 is 3.00 bits per heavy atom. The monoisotopic (exact) mass is 229 g/mol. The molecule has 1 saturated heterocycles. The minimum absolute atomic E-state index is 0.0372. The standard InChI is InChI=1S/C11H23N3O2/c1-3-9(4-5-12)14-6-7-16-8-10(14)11(15)13-2/h9-10H,3-8,12H2,1-2H3,(H,13,15). The lowest BCUT2D eigenvalue weighted by molar-refractivity contribution is -0.134. The molecule has 1 aliphatic rings. The third kappa shape index (κ3) is 3.17. The smallest absolute Gasteiger partial charge is 0.239 e. The minimum Gasteiger partial charge on any atom is -0.378 e.